The van der Waals surface area contributed by atoms with Crippen molar-refractivity contribution in [3.05, 3.63) is 42.2 Å². The summed E-state index contributed by atoms with van der Waals surface area (Å²) in [5, 5.41) is 2.95. The van der Waals surface area contributed by atoms with E-state index in [0.29, 0.717) is 11.3 Å². The van der Waals surface area contributed by atoms with Crippen LogP contribution < -0.4 is 10.1 Å². The molecule has 0 heterocycles. The molecule has 0 amide bonds. The molecule has 0 aromatic heterocycles. The van der Waals surface area contributed by atoms with Crippen molar-refractivity contribution >= 4 is 0 Å². The van der Waals surface area contributed by atoms with Crippen molar-refractivity contribution in [1.82, 2.24) is 5.32 Å². The number of rotatable bonds is 4. The summed E-state index contributed by atoms with van der Waals surface area (Å²) in [6, 6.07) is 4.52. The van der Waals surface area contributed by atoms with Crippen LogP contribution in [0.25, 0.3) is 0 Å². The maximum Gasteiger partial charge on any atom is 0.132 e. The van der Waals surface area contributed by atoms with Gasteiger partial charge in [0.15, 0.2) is 0 Å². The molecule has 0 fully saturated rings. The normalized spacial score (nSPS) is 12.2. The first-order valence-electron chi connectivity index (χ1n) is 4.36. The highest BCUT2D eigenvalue weighted by Gasteiger charge is 2.15. The van der Waals surface area contributed by atoms with E-state index in [1.165, 1.54) is 13.2 Å². The average molecular weight is 195 g/mol. The number of ether oxygens (including phenoxy) is 1. The Kier molecular flexibility index (Phi) is 3.65. The first-order chi connectivity index (χ1) is 6.74. The van der Waals surface area contributed by atoms with Gasteiger partial charge in [-0.2, -0.15) is 0 Å². The molecule has 14 heavy (non-hydrogen) atoms. The highest BCUT2D eigenvalue weighted by Crippen LogP contribution is 2.27. The molecule has 76 valence electrons. The molecule has 1 unspecified atom stereocenters. The first kappa shape index (κ1) is 10.7. The van der Waals surface area contributed by atoms with E-state index < -0.39 is 0 Å². The molecule has 0 aliphatic rings. The zero-order valence-electron chi connectivity index (χ0n) is 8.38. The fraction of sp³-hybridized carbons (Fsp3) is 0.273. The standard InChI is InChI=1S/C11H14FNO/c1-4-9(13-2)11-8(12)6-5-7-10(11)14-3/h4-7,9,13H,1H2,2-3H3. The largest absolute Gasteiger partial charge is 0.496 e. The van der Waals surface area contributed by atoms with Gasteiger partial charge in [-0.15, -0.1) is 6.58 Å². The average Bonchev–Trinajstić information content (AvgIpc) is 2.22. The topological polar surface area (TPSA) is 21.3 Å². The second-order valence-corrected chi connectivity index (χ2v) is 2.86. The predicted molar refractivity (Wildman–Crippen MR) is 54.9 cm³/mol. The molecule has 1 aromatic rings. The number of methoxy groups -OCH3 is 1. The lowest BCUT2D eigenvalue weighted by molar-refractivity contribution is 0.399. The maximum atomic E-state index is 13.5. The van der Waals surface area contributed by atoms with Crippen molar-refractivity contribution in [3.8, 4) is 5.75 Å². The summed E-state index contributed by atoms with van der Waals surface area (Å²) in [5.41, 5.74) is 0.493. The minimum atomic E-state index is -0.288. The first-order valence-corrected chi connectivity index (χ1v) is 4.36. The van der Waals surface area contributed by atoms with Crippen LogP contribution in [0, 0.1) is 5.82 Å². The van der Waals surface area contributed by atoms with Crippen molar-refractivity contribution in [2.24, 2.45) is 0 Å². The van der Waals surface area contributed by atoms with E-state index in [2.05, 4.69) is 11.9 Å². The molecule has 0 spiro atoms. The fourth-order valence-corrected chi connectivity index (χ4v) is 1.38. The van der Waals surface area contributed by atoms with E-state index in [-0.39, 0.29) is 11.9 Å². The Hall–Kier alpha value is -1.35. The van der Waals surface area contributed by atoms with Crippen molar-refractivity contribution in [3.63, 3.8) is 0 Å². The molecule has 1 aromatic carbocycles. The lowest BCUT2D eigenvalue weighted by Gasteiger charge is -2.16. The summed E-state index contributed by atoms with van der Waals surface area (Å²) < 4.78 is 18.6. The van der Waals surface area contributed by atoms with Crippen molar-refractivity contribution in [2.75, 3.05) is 14.2 Å². The highest BCUT2D eigenvalue weighted by molar-refractivity contribution is 5.38. The molecule has 0 radical (unpaired) electrons. The van der Waals surface area contributed by atoms with Crippen LogP contribution in [0.4, 0.5) is 4.39 Å². The number of hydrogen-bond acceptors (Lipinski definition) is 2. The van der Waals surface area contributed by atoms with Crippen LogP contribution in [0.3, 0.4) is 0 Å². The van der Waals surface area contributed by atoms with Gasteiger partial charge < -0.3 is 10.1 Å². The Bertz CT molecular complexity index is 325. The minimum Gasteiger partial charge on any atom is -0.496 e. The van der Waals surface area contributed by atoms with Crippen LogP contribution >= 0.6 is 0 Å². The molecule has 1 N–H and O–H groups in total. The smallest absolute Gasteiger partial charge is 0.132 e. The number of benzene rings is 1. The van der Waals surface area contributed by atoms with E-state index >= 15 is 0 Å². The van der Waals surface area contributed by atoms with Crippen molar-refractivity contribution in [2.45, 2.75) is 6.04 Å². The Morgan fingerprint density at radius 2 is 2.29 bits per heavy atom. The summed E-state index contributed by atoms with van der Waals surface area (Å²) in [6.45, 7) is 3.64. The highest BCUT2D eigenvalue weighted by atomic mass is 19.1. The molecule has 0 saturated heterocycles. The van der Waals surface area contributed by atoms with Gasteiger partial charge in [0.1, 0.15) is 11.6 Å². The minimum absolute atomic E-state index is 0.230. The second-order valence-electron chi connectivity index (χ2n) is 2.86. The third-order valence-electron chi connectivity index (χ3n) is 2.09. The lowest BCUT2D eigenvalue weighted by Crippen LogP contribution is -2.16. The third-order valence-corrected chi connectivity index (χ3v) is 2.09. The molecule has 0 aliphatic heterocycles. The quantitative estimate of drug-likeness (QED) is 0.744. The van der Waals surface area contributed by atoms with Gasteiger partial charge in [-0.3, -0.25) is 0 Å². The van der Waals surface area contributed by atoms with Gasteiger partial charge in [0.2, 0.25) is 0 Å². The second kappa shape index (κ2) is 4.77. The number of hydrogen-bond donors (Lipinski definition) is 1. The molecule has 1 atom stereocenters. The van der Waals surface area contributed by atoms with Gasteiger partial charge in [-0.1, -0.05) is 12.1 Å². The molecular weight excluding hydrogens is 181 g/mol. The summed E-state index contributed by atoms with van der Waals surface area (Å²) in [7, 11) is 3.27. The van der Waals surface area contributed by atoms with E-state index in [4.69, 9.17) is 4.74 Å². The zero-order chi connectivity index (χ0) is 10.6. The molecule has 2 nitrogen and oxygen atoms in total. The van der Waals surface area contributed by atoms with Gasteiger partial charge in [-0.05, 0) is 19.2 Å². The van der Waals surface area contributed by atoms with Gasteiger partial charge in [0, 0.05) is 0 Å². The van der Waals surface area contributed by atoms with Crippen LogP contribution in [0.15, 0.2) is 30.9 Å². The van der Waals surface area contributed by atoms with Crippen LogP contribution in [0.1, 0.15) is 11.6 Å². The van der Waals surface area contributed by atoms with E-state index in [9.17, 15) is 4.39 Å². The number of likely N-dealkylation sites (N-methyl/N-ethyl adjacent to an activating group) is 1. The Balaban J connectivity index is 3.21. The summed E-state index contributed by atoms with van der Waals surface area (Å²) in [5.74, 6) is 0.243. The molecule has 1 rings (SSSR count). The van der Waals surface area contributed by atoms with Gasteiger partial charge in [0.25, 0.3) is 0 Å². The van der Waals surface area contributed by atoms with E-state index in [1.807, 2.05) is 0 Å². The van der Waals surface area contributed by atoms with E-state index in [1.54, 1.807) is 25.3 Å². The molecule has 0 aliphatic carbocycles. The molecule has 3 heteroatoms. The number of halogens is 1. The van der Waals surface area contributed by atoms with Crippen LogP contribution in [-0.2, 0) is 0 Å². The lowest BCUT2D eigenvalue weighted by atomic mass is 10.1. The van der Waals surface area contributed by atoms with E-state index in [0.717, 1.165) is 0 Å². The Labute approximate surface area is 83.4 Å². The summed E-state index contributed by atoms with van der Waals surface area (Å²) in [6.07, 6.45) is 1.64. The summed E-state index contributed by atoms with van der Waals surface area (Å²) >= 11 is 0. The third kappa shape index (κ3) is 1.93. The van der Waals surface area contributed by atoms with Crippen molar-refractivity contribution < 1.29 is 9.13 Å². The monoisotopic (exact) mass is 195 g/mol. The molecule has 0 saturated carbocycles. The fourth-order valence-electron chi connectivity index (χ4n) is 1.38. The number of nitrogens with one attached hydrogen (secondary N) is 1. The predicted octanol–water partition coefficient (Wildman–Crippen LogP) is 2.28. The SMILES string of the molecule is C=CC(NC)c1c(F)cccc1OC. The van der Waals surface area contributed by atoms with Crippen LogP contribution in [0.5, 0.6) is 5.75 Å². The molecule has 0 bridgehead atoms. The van der Waals surface area contributed by atoms with Gasteiger partial charge >= 0.3 is 0 Å². The van der Waals surface area contributed by atoms with Gasteiger partial charge in [0.05, 0.1) is 18.7 Å². The van der Waals surface area contributed by atoms with Crippen LogP contribution in [0.2, 0.25) is 0 Å². The summed E-state index contributed by atoms with van der Waals surface area (Å²) in [4.78, 5) is 0. The Morgan fingerprint density at radius 1 is 1.57 bits per heavy atom. The van der Waals surface area contributed by atoms with Gasteiger partial charge in [-0.25, -0.2) is 4.39 Å². The van der Waals surface area contributed by atoms with Crippen molar-refractivity contribution in [1.29, 1.82) is 0 Å². The zero-order valence-corrected chi connectivity index (χ0v) is 8.38. The maximum absolute atomic E-state index is 13.5. The molecular formula is C11H14FNO. The van der Waals surface area contributed by atoms with Crippen LogP contribution in [-0.4, -0.2) is 14.2 Å². The Morgan fingerprint density at radius 3 is 2.79 bits per heavy atom.